The molecule has 2 aromatic carbocycles. The molecule has 0 fully saturated rings. The highest BCUT2D eigenvalue weighted by atomic mass is 16.5. The number of rotatable bonds is 13. The summed E-state index contributed by atoms with van der Waals surface area (Å²) in [4.78, 5) is 4.58. The van der Waals surface area contributed by atoms with Gasteiger partial charge in [0, 0.05) is 5.56 Å². The summed E-state index contributed by atoms with van der Waals surface area (Å²) in [5.74, 6) is 0.854. The first-order valence-corrected chi connectivity index (χ1v) is 12.0. The fraction of sp³-hybridized carbons (Fsp3) is 0.414. The summed E-state index contributed by atoms with van der Waals surface area (Å²) in [6.45, 7) is 5.23. The molecule has 31 heavy (non-hydrogen) atoms. The average Bonchev–Trinajstić information content (AvgIpc) is 2.82. The fourth-order valence-electron chi connectivity index (χ4n) is 3.76. The molecule has 0 aliphatic carbocycles. The van der Waals surface area contributed by atoms with E-state index in [1.807, 2.05) is 18.3 Å². The van der Waals surface area contributed by atoms with Gasteiger partial charge in [0.05, 0.1) is 18.5 Å². The minimum atomic E-state index is 0.769. The van der Waals surface area contributed by atoms with E-state index in [1.165, 1.54) is 55.2 Å². The Morgan fingerprint density at radius 3 is 1.77 bits per heavy atom. The van der Waals surface area contributed by atoms with Crippen LogP contribution in [-0.4, -0.2) is 11.6 Å². The molecule has 3 aromatic rings. The van der Waals surface area contributed by atoms with E-state index in [2.05, 4.69) is 67.4 Å². The predicted molar refractivity (Wildman–Crippen MR) is 132 cm³/mol. The smallest absolute Gasteiger partial charge is 0.137 e. The zero-order chi connectivity index (χ0) is 21.7. The minimum Gasteiger partial charge on any atom is -0.492 e. The van der Waals surface area contributed by atoms with Crippen LogP contribution in [-0.2, 0) is 19.3 Å². The molecule has 0 spiro atoms. The quantitative estimate of drug-likeness (QED) is 0.265. The predicted octanol–water partition coefficient (Wildman–Crippen LogP) is 7.84. The monoisotopic (exact) mass is 415 g/mol. The van der Waals surface area contributed by atoms with Gasteiger partial charge in [-0.2, -0.15) is 0 Å². The third kappa shape index (κ3) is 7.86. The van der Waals surface area contributed by atoms with Gasteiger partial charge in [-0.15, -0.1) is 0 Å². The topological polar surface area (TPSA) is 22.1 Å². The SMILES string of the molecule is CCCCCOc1ccc(-c2ccc(CCc3ccc(CCCCC)cc3)cc2)nc1. The second-order valence-electron chi connectivity index (χ2n) is 8.41. The van der Waals surface area contributed by atoms with E-state index in [4.69, 9.17) is 4.74 Å². The standard InChI is InChI=1S/C29H37NO/c1-3-5-7-9-24-10-12-25(13-11-24)14-15-26-16-18-27(19-17-26)29-21-20-28(23-30-29)31-22-8-6-4-2/h10-13,16-21,23H,3-9,14-15,22H2,1-2H3. The largest absolute Gasteiger partial charge is 0.492 e. The van der Waals surface area contributed by atoms with Crippen molar-refractivity contribution in [2.24, 2.45) is 0 Å². The Kier molecular flexibility index (Phi) is 9.63. The number of hydrogen-bond donors (Lipinski definition) is 0. The maximum atomic E-state index is 5.76. The highest BCUT2D eigenvalue weighted by Gasteiger charge is 2.03. The first kappa shape index (κ1) is 23.1. The molecule has 0 aliphatic heterocycles. The van der Waals surface area contributed by atoms with Gasteiger partial charge in [-0.05, 0) is 60.9 Å². The first-order valence-electron chi connectivity index (χ1n) is 12.0. The van der Waals surface area contributed by atoms with Crippen molar-refractivity contribution in [1.29, 1.82) is 0 Å². The molecule has 0 unspecified atom stereocenters. The Bertz CT molecular complexity index is 866. The summed E-state index contributed by atoms with van der Waals surface area (Å²) >= 11 is 0. The Morgan fingerprint density at radius 2 is 1.19 bits per heavy atom. The van der Waals surface area contributed by atoms with Crippen molar-refractivity contribution in [1.82, 2.24) is 4.98 Å². The normalized spacial score (nSPS) is 10.9. The first-order chi connectivity index (χ1) is 15.3. The van der Waals surface area contributed by atoms with Gasteiger partial charge in [-0.25, -0.2) is 0 Å². The number of aromatic nitrogens is 1. The molecule has 0 bridgehead atoms. The second kappa shape index (κ2) is 12.9. The van der Waals surface area contributed by atoms with E-state index in [1.54, 1.807) is 0 Å². The number of aryl methyl sites for hydroxylation is 3. The Balaban J connectivity index is 1.47. The fourth-order valence-corrected chi connectivity index (χ4v) is 3.76. The maximum Gasteiger partial charge on any atom is 0.137 e. The molecule has 2 heteroatoms. The average molecular weight is 416 g/mol. The Hall–Kier alpha value is -2.61. The summed E-state index contributed by atoms with van der Waals surface area (Å²) < 4.78 is 5.76. The molecule has 0 aliphatic rings. The molecule has 1 aromatic heterocycles. The molecule has 0 radical (unpaired) electrons. The summed E-state index contributed by atoms with van der Waals surface area (Å²) in [6, 6.07) is 22.1. The van der Waals surface area contributed by atoms with Crippen LogP contribution in [0, 0.1) is 0 Å². The zero-order valence-corrected chi connectivity index (χ0v) is 19.3. The van der Waals surface area contributed by atoms with Gasteiger partial charge in [0.1, 0.15) is 5.75 Å². The maximum absolute atomic E-state index is 5.76. The van der Waals surface area contributed by atoms with Crippen LogP contribution in [0.25, 0.3) is 11.3 Å². The van der Waals surface area contributed by atoms with E-state index in [0.717, 1.165) is 42.9 Å². The number of pyridine rings is 1. The van der Waals surface area contributed by atoms with Gasteiger partial charge in [-0.1, -0.05) is 88.1 Å². The summed E-state index contributed by atoms with van der Waals surface area (Å²) in [7, 11) is 0. The molecule has 0 saturated heterocycles. The van der Waals surface area contributed by atoms with Gasteiger partial charge in [0.15, 0.2) is 0 Å². The van der Waals surface area contributed by atoms with Gasteiger partial charge in [0.25, 0.3) is 0 Å². The van der Waals surface area contributed by atoms with Crippen LogP contribution in [0.2, 0.25) is 0 Å². The van der Waals surface area contributed by atoms with E-state index in [9.17, 15) is 0 Å². The molecule has 0 amide bonds. The third-order valence-corrected chi connectivity index (χ3v) is 5.80. The molecule has 164 valence electrons. The Labute approximate surface area is 188 Å². The number of nitrogens with zero attached hydrogens (tertiary/aromatic N) is 1. The van der Waals surface area contributed by atoms with Crippen LogP contribution in [0.5, 0.6) is 5.75 Å². The lowest BCUT2D eigenvalue weighted by Gasteiger charge is -2.08. The van der Waals surface area contributed by atoms with Gasteiger partial charge in [0.2, 0.25) is 0 Å². The summed E-state index contributed by atoms with van der Waals surface area (Å²) in [6.07, 6.45) is 12.6. The van der Waals surface area contributed by atoms with E-state index >= 15 is 0 Å². The molecule has 0 saturated carbocycles. The van der Waals surface area contributed by atoms with E-state index in [0.29, 0.717) is 0 Å². The lowest BCUT2D eigenvalue weighted by atomic mass is 10.00. The highest BCUT2D eigenvalue weighted by molar-refractivity contribution is 5.59. The van der Waals surface area contributed by atoms with Crippen LogP contribution in [0.4, 0.5) is 0 Å². The van der Waals surface area contributed by atoms with Crippen molar-refractivity contribution >= 4 is 0 Å². The van der Waals surface area contributed by atoms with Crippen molar-refractivity contribution < 1.29 is 4.74 Å². The second-order valence-corrected chi connectivity index (χ2v) is 8.41. The number of hydrogen-bond acceptors (Lipinski definition) is 2. The van der Waals surface area contributed by atoms with E-state index < -0.39 is 0 Å². The number of ether oxygens (including phenoxy) is 1. The highest BCUT2D eigenvalue weighted by Crippen LogP contribution is 2.21. The zero-order valence-electron chi connectivity index (χ0n) is 19.3. The van der Waals surface area contributed by atoms with Crippen LogP contribution in [0.1, 0.15) is 69.1 Å². The lowest BCUT2D eigenvalue weighted by Crippen LogP contribution is -1.97. The van der Waals surface area contributed by atoms with Crippen molar-refractivity contribution in [2.45, 2.75) is 71.6 Å². The minimum absolute atomic E-state index is 0.769. The summed E-state index contributed by atoms with van der Waals surface area (Å²) in [5.41, 5.74) is 6.39. The summed E-state index contributed by atoms with van der Waals surface area (Å²) in [5, 5.41) is 0. The molecule has 3 rings (SSSR count). The van der Waals surface area contributed by atoms with E-state index in [-0.39, 0.29) is 0 Å². The van der Waals surface area contributed by atoms with Gasteiger partial charge >= 0.3 is 0 Å². The van der Waals surface area contributed by atoms with Crippen LogP contribution in [0.3, 0.4) is 0 Å². The van der Waals surface area contributed by atoms with Crippen molar-refractivity contribution in [3.05, 3.63) is 83.6 Å². The van der Waals surface area contributed by atoms with Crippen molar-refractivity contribution in [2.75, 3.05) is 6.61 Å². The number of benzene rings is 2. The molecule has 0 N–H and O–H groups in total. The molecule has 2 nitrogen and oxygen atoms in total. The Morgan fingerprint density at radius 1 is 0.613 bits per heavy atom. The van der Waals surface area contributed by atoms with Crippen LogP contribution < -0.4 is 4.74 Å². The van der Waals surface area contributed by atoms with Crippen molar-refractivity contribution in [3.8, 4) is 17.0 Å². The third-order valence-electron chi connectivity index (χ3n) is 5.80. The van der Waals surface area contributed by atoms with Gasteiger partial charge in [-0.3, -0.25) is 4.98 Å². The van der Waals surface area contributed by atoms with Crippen LogP contribution >= 0.6 is 0 Å². The number of unbranched alkanes of at least 4 members (excludes halogenated alkanes) is 4. The van der Waals surface area contributed by atoms with Gasteiger partial charge < -0.3 is 4.74 Å². The molecule has 1 heterocycles. The van der Waals surface area contributed by atoms with Crippen molar-refractivity contribution in [3.63, 3.8) is 0 Å². The molecular weight excluding hydrogens is 378 g/mol. The van der Waals surface area contributed by atoms with Crippen LogP contribution in [0.15, 0.2) is 66.9 Å². The molecule has 0 atom stereocenters. The lowest BCUT2D eigenvalue weighted by molar-refractivity contribution is 0.305. The molecular formula is C29H37NO.